The van der Waals surface area contributed by atoms with E-state index >= 15 is 0 Å². The van der Waals surface area contributed by atoms with Crippen molar-refractivity contribution in [1.29, 1.82) is 0 Å². The molecule has 0 saturated carbocycles. The molecular weight excluding hydrogens is 553 g/mol. The number of halogens is 4. The van der Waals surface area contributed by atoms with Crippen LogP contribution in [-0.4, -0.2) is 56.8 Å². The molecule has 3 N–H and O–H groups in total. The molecule has 204 valence electrons. The van der Waals surface area contributed by atoms with E-state index in [1.807, 2.05) is 11.0 Å². The Hall–Kier alpha value is -3.35. The number of aromatic nitrogens is 2. The highest BCUT2D eigenvalue weighted by atomic mass is 35.5. The number of thioether (sulfide) groups is 1. The first-order chi connectivity index (χ1) is 18.5. The van der Waals surface area contributed by atoms with Crippen molar-refractivity contribution in [2.24, 2.45) is 10.7 Å². The van der Waals surface area contributed by atoms with Crippen LogP contribution in [0.1, 0.15) is 30.0 Å². The zero-order valence-corrected chi connectivity index (χ0v) is 22.3. The summed E-state index contributed by atoms with van der Waals surface area (Å²) in [5, 5.41) is 8.82. The highest BCUT2D eigenvalue weighted by molar-refractivity contribution is 8.18. The minimum Gasteiger partial charge on any atom is -0.368 e. The summed E-state index contributed by atoms with van der Waals surface area (Å²) >= 11 is 7.08. The predicted octanol–water partition coefficient (Wildman–Crippen LogP) is 4.26. The average Bonchev–Trinajstić information content (AvgIpc) is 3.59. The third kappa shape index (κ3) is 5.97. The van der Waals surface area contributed by atoms with Crippen LogP contribution < -0.4 is 11.1 Å². The van der Waals surface area contributed by atoms with E-state index in [4.69, 9.17) is 17.3 Å². The summed E-state index contributed by atoms with van der Waals surface area (Å²) in [4.78, 5) is 30.6. The van der Waals surface area contributed by atoms with Gasteiger partial charge in [0.25, 0.3) is 5.91 Å². The molecule has 13 heteroatoms. The number of nitrogens with two attached hydrogens (primary N) is 1. The Balaban J connectivity index is 1.29. The number of likely N-dealkylation sites (tertiary alicyclic amines) is 1. The molecule has 2 amide bonds. The lowest BCUT2D eigenvalue weighted by molar-refractivity contribution is -0.138. The fraction of sp³-hybridized carbons (Fsp3) is 0.308. The maximum absolute atomic E-state index is 13.5. The van der Waals surface area contributed by atoms with E-state index in [1.165, 1.54) is 28.6 Å². The van der Waals surface area contributed by atoms with E-state index in [9.17, 15) is 22.8 Å². The summed E-state index contributed by atoms with van der Waals surface area (Å²) < 4.78 is 42.0. The molecule has 2 unspecified atom stereocenters. The predicted molar refractivity (Wildman–Crippen MR) is 145 cm³/mol. The maximum atomic E-state index is 13.5. The summed E-state index contributed by atoms with van der Waals surface area (Å²) in [5.41, 5.74) is 5.99. The van der Waals surface area contributed by atoms with Gasteiger partial charge in [-0.05, 0) is 66.6 Å². The topological polar surface area (TPSA) is 106 Å². The zero-order chi connectivity index (χ0) is 27.9. The van der Waals surface area contributed by atoms with Crippen LogP contribution in [0.15, 0.2) is 52.5 Å². The van der Waals surface area contributed by atoms with Gasteiger partial charge in [0.2, 0.25) is 5.91 Å². The Morgan fingerprint density at radius 1 is 1.31 bits per heavy atom. The molecule has 39 heavy (non-hydrogen) atoms. The van der Waals surface area contributed by atoms with Crippen molar-refractivity contribution in [3.05, 3.63) is 69.2 Å². The van der Waals surface area contributed by atoms with Crippen LogP contribution in [0.5, 0.6) is 0 Å². The highest BCUT2D eigenvalue weighted by Gasteiger charge is 2.34. The van der Waals surface area contributed by atoms with E-state index in [-0.39, 0.29) is 29.1 Å². The minimum atomic E-state index is -4.54. The van der Waals surface area contributed by atoms with Crippen molar-refractivity contribution in [3.8, 4) is 0 Å². The molecule has 1 saturated heterocycles. The van der Waals surface area contributed by atoms with Gasteiger partial charge in [-0.2, -0.15) is 23.3 Å². The van der Waals surface area contributed by atoms with Crippen molar-refractivity contribution < 1.29 is 22.8 Å². The van der Waals surface area contributed by atoms with Crippen LogP contribution in [0.2, 0.25) is 5.02 Å². The second-order valence-electron chi connectivity index (χ2n) is 9.45. The van der Waals surface area contributed by atoms with Crippen molar-refractivity contribution in [3.63, 3.8) is 0 Å². The van der Waals surface area contributed by atoms with Gasteiger partial charge >= 0.3 is 6.18 Å². The molecule has 0 spiro atoms. The van der Waals surface area contributed by atoms with Gasteiger partial charge in [-0.3, -0.25) is 14.3 Å². The first-order valence-corrected chi connectivity index (χ1v) is 13.3. The fourth-order valence-electron chi connectivity index (χ4n) is 4.62. The molecule has 0 bridgehead atoms. The van der Waals surface area contributed by atoms with Crippen molar-refractivity contribution in [2.75, 3.05) is 13.1 Å². The van der Waals surface area contributed by atoms with E-state index in [1.54, 1.807) is 31.3 Å². The SMILES string of the molecule is CC(NC1CCN(C2=NC(=O)C(=Cc3ccc4c(cnn4Cc4ccc(Cl)cc4C(F)(F)F)c3)S2)C1)C(N)=O. The molecule has 3 heterocycles. The van der Waals surface area contributed by atoms with Gasteiger partial charge in [-0.15, -0.1) is 0 Å². The van der Waals surface area contributed by atoms with Crippen molar-refractivity contribution >= 4 is 57.3 Å². The molecule has 0 aliphatic carbocycles. The van der Waals surface area contributed by atoms with Gasteiger partial charge in [0, 0.05) is 29.5 Å². The number of carbonyl (C=O) groups excluding carboxylic acids is 2. The Morgan fingerprint density at radius 2 is 2.10 bits per heavy atom. The van der Waals surface area contributed by atoms with Crippen LogP contribution >= 0.6 is 23.4 Å². The number of hydrogen-bond acceptors (Lipinski definition) is 6. The van der Waals surface area contributed by atoms with Crippen LogP contribution in [0.25, 0.3) is 17.0 Å². The average molecular weight is 577 g/mol. The number of aliphatic imine (C=N–C) groups is 1. The normalized spacial score (nSPS) is 19.8. The Morgan fingerprint density at radius 3 is 2.85 bits per heavy atom. The Kier molecular flexibility index (Phi) is 7.45. The molecule has 1 fully saturated rings. The van der Waals surface area contributed by atoms with Gasteiger partial charge in [0.1, 0.15) is 0 Å². The van der Waals surface area contributed by atoms with Crippen LogP contribution in [0, 0.1) is 0 Å². The highest BCUT2D eigenvalue weighted by Crippen LogP contribution is 2.35. The lowest BCUT2D eigenvalue weighted by atomic mass is 10.1. The number of benzene rings is 2. The third-order valence-corrected chi connectivity index (χ3v) is 7.92. The first kappa shape index (κ1) is 27.2. The number of carbonyl (C=O) groups is 2. The fourth-order valence-corrected chi connectivity index (χ4v) is 5.74. The van der Waals surface area contributed by atoms with Crippen molar-refractivity contribution in [1.82, 2.24) is 20.0 Å². The Bertz CT molecular complexity index is 1520. The molecule has 5 rings (SSSR count). The molecule has 2 atom stereocenters. The molecular formula is C26H24ClF3N6O2S. The molecule has 2 aromatic carbocycles. The number of primary amides is 1. The third-order valence-electron chi connectivity index (χ3n) is 6.64. The summed E-state index contributed by atoms with van der Waals surface area (Å²) in [7, 11) is 0. The number of amides is 2. The maximum Gasteiger partial charge on any atom is 0.416 e. The number of nitrogens with zero attached hydrogens (tertiary/aromatic N) is 4. The lowest BCUT2D eigenvalue weighted by Gasteiger charge is -2.19. The van der Waals surface area contributed by atoms with E-state index in [0.717, 1.165) is 23.4 Å². The summed E-state index contributed by atoms with van der Waals surface area (Å²) in [6.07, 6.45) is -0.423. The Labute approximate surface area is 231 Å². The van der Waals surface area contributed by atoms with Crippen LogP contribution in [0.3, 0.4) is 0 Å². The molecule has 8 nitrogen and oxygen atoms in total. The number of rotatable bonds is 6. The van der Waals surface area contributed by atoms with E-state index in [2.05, 4.69) is 15.4 Å². The first-order valence-electron chi connectivity index (χ1n) is 12.1. The van der Waals surface area contributed by atoms with Crippen molar-refractivity contribution in [2.45, 2.75) is 38.1 Å². The van der Waals surface area contributed by atoms with E-state index in [0.29, 0.717) is 28.7 Å². The second kappa shape index (κ2) is 10.7. The molecule has 0 radical (unpaired) electrons. The largest absolute Gasteiger partial charge is 0.416 e. The molecule has 2 aliphatic heterocycles. The summed E-state index contributed by atoms with van der Waals surface area (Å²) in [6.45, 7) is 2.95. The van der Waals surface area contributed by atoms with Gasteiger partial charge in [-0.1, -0.05) is 23.7 Å². The number of hydrogen-bond donors (Lipinski definition) is 2. The standard InChI is InChI=1S/C26H24ClF3N6O2S/c1-14(23(31)37)33-19-6-7-35(13-19)25-34-24(38)22(39-25)9-15-2-5-21-17(8-15)11-32-36(21)12-16-3-4-18(27)10-20(16)26(28,29)30/h2-5,8-11,14,19,33H,6-7,12-13H2,1H3,(H2,31,37). The smallest absolute Gasteiger partial charge is 0.368 e. The van der Waals surface area contributed by atoms with Gasteiger partial charge in [0.05, 0.1) is 34.8 Å². The number of amidine groups is 1. The molecule has 3 aromatic rings. The number of alkyl halides is 3. The number of fused-ring (bicyclic) bond motifs is 1. The van der Waals surface area contributed by atoms with Crippen LogP contribution in [-0.2, 0) is 22.3 Å². The molecule has 2 aliphatic rings. The number of nitrogens with one attached hydrogen (secondary N) is 1. The minimum absolute atomic E-state index is 0.0134. The summed E-state index contributed by atoms with van der Waals surface area (Å²) in [5.74, 6) is -0.755. The molecule has 1 aromatic heterocycles. The van der Waals surface area contributed by atoms with Gasteiger partial charge in [-0.25, -0.2) is 0 Å². The summed E-state index contributed by atoms with van der Waals surface area (Å²) in [6, 6.07) is 8.70. The van der Waals surface area contributed by atoms with E-state index < -0.39 is 23.7 Å². The lowest BCUT2D eigenvalue weighted by Crippen LogP contribution is -2.45. The monoisotopic (exact) mass is 576 g/mol. The quantitative estimate of drug-likeness (QED) is 0.425. The zero-order valence-electron chi connectivity index (χ0n) is 20.7. The van der Waals surface area contributed by atoms with Gasteiger partial charge < -0.3 is 16.0 Å². The second-order valence-corrected chi connectivity index (χ2v) is 10.9. The van der Waals surface area contributed by atoms with Gasteiger partial charge in [0.15, 0.2) is 5.17 Å². The van der Waals surface area contributed by atoms with Crippen LogP contribution in [0.4, 0.5) is 13.2 Å².